The van der Waals surface area contributed by atoms with Crippen LogP contribution in [0, 0.1) is 17.8 Å². The van der Waals surface area contributed by atoms with Crippen molar-refractivity contribution in [2.75, 3.05) is 20.1 Å². The maximum atomic E-state index is 2.50. The lowest BCUT2D eigenvalue weighted by Crippen LogP contribution is -2.38. The average molecular weight is 139 g/mol. The zero-order valence-corrected chi connectivity index (χ0v) is 7.01. The average Bonchev–Trinajstić information content (AvgIpc) is 2.20. The highest BCUT2D eigenvalue weighted by molar-refractivity contribution is 4.89. The monoisotopic (exact) mass is 139 g/mol. The van der Waals surface area contributed by atoms with Crippen LogP contribution < -0.4 is 0 Å². The van der Waals surface area contributed by atoms with Crippen molar-refractivity contribution in [1.29, 1.82) is 0 Å². The molecule has 0 aromatic heterocycles. The maximum absolute atomic E-state index is 2.50. The number of hydrogen-bond acceptors (Lipinski definition) is 1. The van der Waals surface area contributed by atoms with Crippen LogP contribution in [0.5, 0.6) is 0 Å². The molecule has 1 heterocycles. The van der Waals surface area contributed by atoms with Crippen LogP contribution in [0.25, 0.3) is 0 Å². The molecule has 1 saturated heterocycles. The van der Waals surface area contributed by atoms with Gasteiger partial charge in [-0.15, -0.1) is 0 Å². The van der Waals surface area contributed by atoms with Crippen molar-refractivity contribution in [3.63, 3.8) is 0 Å². The summed E-state index contributed by atoms with van der Waals surface area (Å²) in [6.07, 6.45) is 2.99. The topological polar surface area (TPSA) is 3.24 Å². The normalized spacial score (nSPS) is 48.0. The molecule has 0 unspecified atom stereocenters. The van der Waals surface area contributed by atoms with Crippen molar-refractivity contribution in [3.05, 3.63) is 0 Å². The second-order valence-corrected chi connectivity index (χ2v) is 4.18. The highest BCUT2D eigenvalue weighted by atomic mass is 15.1. The third-order valence-electron chi connectivity index (χ3n) is 3.49. The van der Waals surface area contributed by atoms with Crippen LogP contribution in [-0.2, 0) is 0 Å². The Morgan fingerprint density at radius 2 is 1.60 bits per heavy atom. The number of piperidine rings is 1. The van der Waals surface area contributed by atoms with Gasteiger partial charge in [0.2, 0.25) is 0 Å². The minimum absolute atomic E-state index is 1.02. The van der Waals surface area contributed by atoms with Crippen molar-refractivity contribution in [1.82, 2.24) is 4.90 Å². The van der Waals surface area contributed by atoms with E-state index in [1.807, 2.05) is 0 Å². The van der Waals surface area contributed by atoms with E-state index in [-0.39, 0.29) is 0 Å². The van der Waals surface area contributed by atoms with E-state index in [2.05, 4.69) is 18.9 Å². The predicted octanol–water partition coefficient (Wildman–Crippen LogP) is 1.59. The fraction of sp³-hybridized carbons (Fsp3) is 1.00. The molecule has 0 spiro atoms. The number of nitrogens with zero attached hydrogens (tertiary/aromatic N) is 1. The van der Waals surface area contributed by atoms with E-state index in [0.717, 1.165) is 17.8 Å². The molecule has 0 N–H and O–H groups in total. The Morgan fingerprint density at radius 1 is 1.10 bits per heavy atom. The maximum Gasteiger partial charge on any atom is 0.000938 e. The lowest BCUT2D eigenvalue weighted by molar-refractivity contribution is 0.144. The van der Waals surface area contributed by atoms with Crippen LogP contribution >= 0.6 is 0 Å². The van der Waals surface area contributed by atoms with E-state index in [1.54, 1.807) is 0 Å². The number of rotatable bonds is 0. The molecule has 1 aliphatic heterocycles. The first-order valence-corrected chi connectivity index (χ1v) is 4.46. The van der Waals surface area contributed by atoms with Crippen LogP contribution in [0.4, 0.5) is 0 Å². The Balaban J connectivity index is 2.09. The third-order valence-corrected chi connectivity index (χ3v) is 3.49. The van der Waals surface area contributed by atoms with Gasteiger partial charge in [0.05, 0.1) is 0 Å². The lowest BCUT2D eigenvalue weighted by atomic mass is 9.87. The number of likely N-dealkylation sites (tertiary alicyclic amines) is 1. The smallest absolute Gasteiger partial charge is 0.000938 e. The highest BCUT2D eigenvalue weighted by Crippen LogP contribution is 2.40. The van der Waals surface area contributed by atoms with Crippen molar-refractivity contribution in [2.45, 2.75) is 19.8 Å². The first-order chi connectivity index (χ1) is 4.77. The van der Waals surface area contributed by atoms with Gasteiger partial charge in [0, 0.05) is 13.1 Å². The summed E-state index contributed by atoms with van der Waals surface area (Å²) in [5, 5.41) is 0. The zero-order valence-electron chi connectivity index (χ0n) is 7.01. The molecule has 2 rings (SSSR count). The van der Waals surface area contributed by atoms with Gasteiger partial charge in [-0.3, -0.25) is 0 Å². The standard InChI is InChI=1S/C9H17N/c1-7-8-3-4-9(7)6-10(2)5-8/h7-9H,3-6H2,1-2H3/t7-,8+,9-. The predicted molar refractivity (Wildman–Crippen MR) is 42.9 cm³/mol. The lowest BCUT2D eigenvalue weighted by Gasteiger charge is -2.33. The summed E-state index contributed by atoms with van der Waals surface area (Å²) in [6.45, 7) is 5.16. The van der Waals surface area contributed by atoms with E-state index in [0.29, 0.717) is 0 Å². The summed E-state index contributed by atoms with van der Waals surface area (Å²) in [6, 6.07) is 0. The number of hydrogen-bond donors (Lipinski definition) is 0. The van der Waals surface area contributed by atoms with Crippen LogP contribution in [0.15, 0.2) is 0 Å². The number of fused-ring (bicyclic) bond motifs is 2. The van der Waals surface area contributed by atoms with E-state index < -0.39 is 0 Å². The third kappa shape index (κ3) is 0.878. The molecule has 1 aliphatic carbocycles. The molecule has 2 bridgehead atoms. The highest BCUT2D eigenvalue weighted by Gasteiger charge is 2.37. The van der Waals surface area contributed by atoms with E-state index in [9.17, 15) is 0 Å². The SMILES string of the molecule is C[C@H]1[C@@H]2CC[C@H]1CN(C)C2. The molecule has 10 heavy (non-hydrogen) atoms. The largest absolute Gasteiger partial charge is 0.306 e. The van der Waals surface area contributed by atoms with Crippen LogP contribution in [0.2, 0.25) is 0 Å². The summed E-state index contributed by atoms with van der Waals surface area (Å²) in [7, 11) is 2.26. The Hall–Kier alpha value is -0.0400. The van der Waals surface area contributed by atoms with Crippen LogP contribution in [0.1, 0.15) is 19.8 Å². The van der Waals surface area contributed by atoms with E-state index in [4.69, 9.17) is 0 Å². The van der Waals surface area contributed by atoms with Crippen LogP contribution in [-0.4, -0.2) is 25.0 Å². The second kappa shape index (κ2) is 2.23. The summed E-state index contributed by atoms with van der Waals surface area (Å²) < 4.78 is 0. The molecule has 1 heteroatoms. The summed E-state index contributed by atoms with van der Waals surface area (Å²) >= 11 is 0. The van der Waals surface area contributed by atoms with Gasteiger partial charge in [0.15, 0.2) is 0 Å². The van der Waals surface area contributed by atoms with Crippen molar-refractivity contribution in [2.24, 2.45) is 17.8 Å². The first-order valence-electron chi connectivity index (χ1n) is 4.46. The molecule has 2 aliphatic rings. The molecule has 0 radical (unpaired) electrons. The van der Waals surface area contributed by atoms with Gasteiger partial charge in [-0.2, -0.15) is 0 Å². The van der Waals surface area contributed by atoms with Gasteiger partial charge in [-0.25, -0.2) is 0 Å². The van der Waals surface area contributed by atoms with Crippen molar-refractivity contribution < 1.29 is 0 Å². The zero-order chi connectivity index (χ0) is 7.14. The van der Waals surface area contributed by atoms with Gasteiger partial charge >= 0.3 is 0 Å². The fourth-order valence-electron chi connectivity index (χ4n) is 2.73. The Bertz CT molecular complexity index is 119. The molecule has 58 valence electrons. The fourth-order valence-corrected chi connectivity index (χ4v) is 2.73. The van der Waals surface area contributed by atoms with Gasteiger partial charge in [-0.05, 0) is 37.6 Å². The van der Waals surface area contributed by atoms with Gasteiger partial charge in [0.25, 0.3) is 0 Å². The molecule has 3 atom stereocenters. The summed E-state index contributed by atoms with van der Waals surface area (Å²) in [5.41, 5.74) is 0. The minimum Gasteiger partial charge on any atom is -0.306 e. The second-order valence-electron chi connectivity index (χ2n) is 4.18. The molecule has 1 saturated carbocycles. The van der Waals surface area contributed by atoms with Crippen molar-refractivity contribution in [3.8, 4) is 0 Å². The molecule has 2 fully saturated rings. The summed E-state index contributed by atoms with van der Waals surface area (Å²) in [5.74, 6) is 3.09. The van der Waals surface area contributed by atoms with Crippen molar-refractivity contribution >= 4 is 0 Å². The molecule has 0 aromatic rings. The Morgan fingerprint density at radius 3 is 2.10 bits per heavy atom. The van der Waals surface area contributed by atoms with Gasteiger partial charge in [-0.1, -0.05) is 6.92 Å². The minimum atomic E-state index is 1.02. The van der Waals surface area contributed by atoms with Crippen LogP contribution in [0.3, 0.4) is 0 Å². The Kier molecular flexibility index (Phi) is 1.48. The first kappa shape index (κ1) is 6.66. The summed E-state index contributed by atoms with van der Waals surface area (Å²) in [4.78, 5) is 2.50. The molecule has 1 nitrogen and oxygen atoms in total. The van der Waals surface area contributed by atoms with Gasteiger partial charge in [0.1, 0.15) is 0 Å². The van der Waals surface area contributed by atoms with E-state index in [1.165, 1.54) is 25.9 Å². The molecular formula is C9H17N. The Labute approximate surface area is 63.4 Å². The van der Waals surface area contributed by atoms with Gasteiger partial charge < -0.3 is 4.90 Å². The van der Waals surface area contributed by atoms with E-state index >= 15 is 0 Å². The quantitative estimate of drug-likeness (QED) is 0.492. The molecule has 0 aromatic carbocycles. The molecular weight excluding hydrogens is 122 g/mol. The molecule has 0 amide bonds.